The minimum atomic E-state index is -0.0368. The Balaban J connectivity index is 0.00000225. The molecule has 3 N–H and O–H groups in total. The van der Waals surface area contributed by atoms with E-state index in [2.05, 4.69) is 19.2 Å². The molecule has 2 aliphatic rings. The fourth-order valence-corrected chi connectivity index (χ4v) is 3.17. The van der Waals surface area contributed by atoms with Crippen LogP contribution in [0.5, 0.6) is 0 Å². The quantitative estimate of drug-likeness (QED) is 0.861. The average molecular weight is 366 g/mol. The lowest BCUT2D eigenvalue weighted by atomic mass is 9.79. The van der Waals surface area contributed by atoms with Gasteiger partial charge in [-0.2, -0.15) is 0 Å². The Labute approximate surface area is 155 Å². The molecule has 1 aromatic carbocycles. The van der Waals surface area contributed by atoms with Gasteiger partial charge in [0.2, 0.25) is 11.8 Å². The molecular formula is C19H28ClN3O2. The van der Waals surface area contributed by atoms with Gasteiger partial charge < -0.3 is 16.0 Å². The first-order valence-corrected chi connectivity index (χ1v) is 8.78. The first-order chi connectivity index (χ1) is 11.3. The van der Waals surface area contributed by atoms with Gasteiger partial charge in [0.15, 0.2) is 0 Å². The van der Waals surface area contributed by atoms with Gasteiger partial charge in [-0.1, -0.05) is 26.0 Å². The Kier molecular flexibility index (Phi) is 6.12. The van der Waals surface area contributed by atoms with Gasteiger partial charge in [-0.3, -0.25) is 9.59 Å². The summed E-state index contributed by atoms with van der Waals surface area (Å²) in [6, 6.07) is 7.73. The number of benzene rings is 1. The van der Waals surface area contributed by atoms with Crippen molar-refractivity contribution >= 4 is 29.9 Å². The van der Waals surface area contributed by atoms with Gasteiger partial charge in [0.1, 0.15) is 0 Å². The van der Waals surface area contributed by atoms with E-state index in [1.54, 1.807) is 0 Å². The smallest absolute Gasteiger partial charge is 0.227 e. The van der Waals surface area contributed by atoms with Crippen LogP contribution in [0.25, 0.3) is 0 Å². The fourth-order valence-electron chi connectivity index (χ4n) is 3.17. The van der Waals surface area contributed by atoms with Crippen LogP contribution in [0.15, 0.2) is 24.3 Å². The highest BCUT2D eigenvalue weighted by atomic mass is 35.5. The van der Waals surface area contributed by atoms with Crippen molar-refractivity contribution in [3.8, 4) is 0 Å². The van der Waals surface area contributed by atoms with Crippen LogP contribution in [-0.4, -0.2) is 35.8 Å². The number of likely N-dealkylation sites (tertiary alicyclic amines) is 1. The SMILES string of the molecule is CC1(C)CN(C(=O)Cc2ccc(NC(=O)C3CC3)cc2)CCC1N.Cl. The summed E-state index contributed by atoms with van der Waals surface area (Å²) < 4.78 is 0. The van der Waals surface area contributed by atoms with Crippen molar-refractivity contribution in [2.75, 3.05) is 18.4 Å². The summed E-state index contributed by atoms with van der Waals surface area (Å²) in [6.07, 6.45) is 3.23. The highest BCUT2D eigenvalue weighted by Gasteiger charge is 2.35. The van der Waals surface area contributed by atoms with E-state index in [-0.39, 0.29) is 41.6 Å². The summed E-state index contributed by atoms with van der Waals surface area (Å²) in [7, 11) is 0. The fraction of sp³-hybridized carbons (Fsp3) is 0.579. The molecule has 0 spiro atoms. The number of piperidine rings is 1. The maximum atomic E-state index is 12.5. The molecule has 1 aromatic rings. The van der Waals surface area contributed by atoms with Crippen LogP contribution in [-0.2, 0) is 16.0 Å². The molecule has 1 atom stereocenters. The lowest BCUT2D eigenvalue weighted by Gasteiger charge is -2.42. The van der Waals surface area contributed by atoms with Crippen LogP contribution in [0.4, 0.5) is 5.69 Å². The number of anilines is 1. The Morgan fingerprint density at radius 3 is 2.40 bits per heavy atom. The van der Waals surface area contributed by atoms with Crippen molar-refractivity contribution in [1.29, 1.82) is 0 Å². The van der Waals surface area contributed by atoms with Crippen molar-refractivity contribution in [2.24, 2.45) is 17.1 Å². The first kappa shape index (κ1) is 19.7. The predicted molar refractivity (Wildman–Crippen MR) is 102 cm³/mol. The van der Waals surface area contributed by atoms with Crippen molar-refractivity contribution < 1.29 is 9.59 Å². The van der Waals surface area contributed by atoms with Crippen LogP contribution < -0.4 is 11.1 Å². The highest BCUT2D eigenvalue weighted by molar-refractivity contribution is 5.94. The molecule has 0 radical (unpaired) electrons. The lowest BCUT2D eigenvalue weighted by molar-refractivity contribution is -0.133. The van der Waals surface area contributed by atoms with Crippen molar-refractivity contribution in [3.63, 3.8) is 0 Å². The molecule has 0 bridgehead atoms. The Bertz CT molecular complexity index is 626. The first-order valence-electron chi connectivity index (χ1n) is 8.78. The molecule has 25 heavy (non-hydrogen) atoms. The Morgan fingerprint density at radius 2 is 1.84 bits per heavy atom. The van der Waals surface area contributed by atoms with Gasteiger partial charge in [-0.25, -0.2) is 0 Å². The van der Waals surface area contributed by atoms with Gasteiger partial charge in [0, 0.05) is 30.7 Å². The van der Waals surface area contributed by atoms with Crippen molar-refractivity contribution in [3.05, 3.63) is 29.8 Å². The van der Waals surface area contributed by atoms with Crippen LogP contribution in [0.1, 0.15) is 38.7 Å². The molecule has 1 saturated carbocycles. The number of nitrogens with one attached hydrogen (secondary N) is 1. The third-order valence-corrected chi connectivity index (χ3v) is 5.19. The van der Waals surface area contributed by atoms with E-state index in [1.165, 1.54) is 0 Å². The summed E-state index contributed by atoms with van der Waals surface area (Å²) in [5, 5.41) is 2.92. The van der Waals surface area contributed by atoms with Crippen LogP contribution in [0.3, 0.4) is 0 Å². The number of halogens is 1. The average Bonchev–Trinajstić information content (AvgIpc) is 3.36. The normalized spacial score (nSPS) is 22.0. The molecule has 3 rings (SSSR count). The third-order valence-electron chi connectivity index (χ3n) is 5.19. The van der Waals surface area contributed by atoms with Gasteiger partial charge >= 0.3 is 0 Å². The zero-order chi connectivity index (χ0) is 17.3. The third kappa shape index (κ3) is 4.95. The number of rotatable bonds is 4. The number of amides is 2. The molecule has 2 fully saturated rings. The molecule has 0 aromatic heterocycles. The summed E-state index contributed by atoms with van der Waals surface area (Å²) >= 11 is 0. The Hall–Kier alpha value is -1.59. The van der Waals surface area contributed by atoms with E-state index in [1.807, 2.05) is 29.2 Å². The van der Waals surface area contributed by atoms with Gasteiger partial charge in [-0.15, -0.1) is 12.4 Å². The molecule has 1 aliphatic heterocycles. The minimum Gasteiger partial charge on any atom is -0.342 e. The van der Waals surface area contributed by atoms with E-state index in [4.69, 9.17) is 5.73 Å². The molecule has 1 unspecified atom stereocenters. The largest absolute Gasteiger partial charge is 0.342 e. The molecule has 2 amide bonds. The highest BCUT2D eigenvalue weighted by Crippen LogP contribution is 2.30. The van der Waals surface area contributed by atoms with Crippen LogP contribution in [0, 0.1) is 11.3 Å². The monoisotopic (exact) mass is 365 g/mol. The van der Waals surface area contributed by atoms with E-state index in [0.717, 1.165) is 37.1 Å². The second-order valence-electron chi connectivity index (χ2n) is 7.84. The second-order valence-corrected chi connectivity index (χ2v) is 7.84. The lowest BCUT2D eigenvalue weighted by Crippen LogP contribution is -2.54. The summed E-state index contributed by atoms with van der Waals surface area (Å²) in [5.74, 6) is 0.440. The minimum absolute atomic E-state index is 0. The maximum absolute atomic E-state index is 12.5. The summed E-state index contributed by atoms with van der Waals surface area (Å²) in [4.78, 5) is 26.2. The van der Waals surface area contributed by atoms with Gasteiger partial charge in [-0.05, 0) is 42.4 Å². The number of nitrogens with two attached hydrogens (primary N) is 1. The van der Waals surface area contributed by atoms with Crippen molar-refractivity contribution in [2.45, 2.75) is 45.6 Å². The molecule has 138 valence electrons. The van der Waals surface area contributed by atoms with E-state index in [0.29, 0.717) is 13.0 Å². The number of hydrogen-bond acceptors (Lipinski definition) is 3. The second kappa shape index (κ2) is 7.75. The number of carbonyl (C=O) groups excluding carboxylic acids is 2. The van der Waals surface area contributed by atoms with Crippen LogP contribution in [0.2, 0.25) is 0 Å². The number of nitrogens with zero attached hydrogens (tertiary/aromatic N) is 1. The summed E-state index contributed by atoms with van der Waals surface area (Å²) in [5.41, 5.74) is 7.87. The van der Waals surface area contributed by atoms with Crippen molar-refractivity contribution in [1.82, 2.24) is 4.90 Å². The zero-order valence-corrected chi connectivity index (χ0v) is 15.8. The van der Waals surface area contributed by atoms with E-state index < -0.39 is 0 Å². The molecular weight excluding hydrogens is 338 g/mol. The Morgan fingerprint density at radius 1 is 1.20 bits per heavy atom. The zero-order valence-electron chi connectivity index (χ0n) is 15.0. The number of carbonyl (C=O) groups is 2. The number of hydrogen-bond donors (Lipinski definition) is 2. The maximum Gasteiger partial charge on any atom is 0.227 e. The molecule has 1 aliphatic carbocycles. The van der Waals surface area contributed by atoms with Crippen LogP contribution >= 0.6 is 12.4 Å². The van der Waals surface area contributed by atoms with E-state index in [9.17, 15) is 9.59 Å². The van der Waals surface area contributed by atoms with E-state index >= 15 is 0 Å². The predicted octanol–water partition coefficient (Wildman–Crippen LogP) is 2.59. The topological polar surface area (TPSA) is 75.4 Å². The molecule has 5 nitrogen and oxygen atoms in total. The summed E-state index contributed by atoms with van der Waals surface area (Å²) in [6.45, 7) is 5.68. The molecule has 1 heterocycles. The van der Waals surface area contributed by atoms with Gasteiger partial charge in [0.05, 0.1) is 6.42 Å². The van der Waals surface area contributed by atoms with Gasteiger partial charge in [0.25, 0.3) is 0 Å². The molecule has 6 heteroatoms. The standard InChI is InChI=1S/C19H27N3O2.ClH/c1-19(2)12-22(10-9-16(19)20)17(23)11-13-3-7-15(8-4-13)21-18(24)14-5-6-14;/h3-4,7-8,14,16H,5-6,9-12,20H2,1-2H3,(H,21,24);1H. The molecule has 1 saturated heterocycles.